The van der Waals surface area contributed by atoms with E-state index in [2.05, 4.69) is 16.2 Å². The molecule has 1 unspecified atom stereocenters. The van der Waals surface area contributed by atoms with Crippen molar-refractivity contribution in [1.29, 1.82) is 0 Å². The Morgan fingerprint density at radius 2 is 1.73 bits per heavy atom. The Hall–Kier alpha value is -3.74. The van der Waals surface area contributed by atoms with Gasteiger partial charge in [0.2, 0.25) is 15.9 Å². The van der Waals surface area contributed by atoms with Crippen molar-refractivity contribution >= 4 is 10.0 Å². The van der Waals surface area contributed by atoms with Gasteiger partial charge in [-0.1, -0.05) is 59.8 Å². The quantitative estimate of drug-likeness (QED) is 0.236. The number of methoxy groups -OCH3 is 1. The minimum Gasteiger partial charge on any atom is -0.437 e. The van der Waals surface area contributed by atoms with Gasteiger partial charge in [0.1, 0.15) is 5.69 Å². The molecule has 2 N–H and O–H groups in total. The molecule has 0 amide bonds. The molecule has 0 bridgehead atoms. The summed E-state index contributed by atoms with van der Waals surface area (Å²) in [6.07, 6.45) is 1.54. The monoisotopic (exact) mass is 577 g/mol. The van der Waals surface area contributed by atoms with E-state index < -0.39 is 21.7 Å². The third kappa shape index (κ3) is 6.45. The standard InChI is InChI=1S/C30H31N3O7S/c1-37-30(14-16-38-17-15-30)24-9-5-6-21(18-24)19-39-20-26(33-34)29-32-27(22-7-3-2-4-8-22)28(40-29)23-10-12-25(13-11-23)41(31,35)36/h2-13,18,26H,14-17,19-20H2,1H3,(H2,31,35,36). The van der Waals surface area contributed by atoms with Crippen LogP contribution in [0.1, 0.15) is 35.9 Å². The van der Waals surface area contributed by atoms with E-state index in [-0.39, 0.29) is 24.0 Å². The smallest absolute Gasteiger partial charge is 0.238 e. The summed E-state index contributed by atoms with van der Waals surface area (Å²) in [4.78, 5) is 16.5. The second-order valence-electron chi connectivity index (χ2n) is 9.81. The highest BCUT2D eigenvalue weighted by Gasteiger charge is 2.34. The number of ether oxygens (including phenoxy) is 3. The van der Waals surface area contributed by atoms with E-state index in [0.717, 1.165) is 29.5 Å². The Morgan fingerprint density at radius 3 is 2.39 bits per heavy atom. The summed E-state index contributed by atoms with van der Waals surface area (Å²) in [5.74, 6) is 0.466. The number of benzene rings is 3. The average molecular weight is 578 g/mol. The maximum Gasteiger partial charge on any atom is 0.238 e. The lowest BCUT2D eigenvalue weighted by atomic mass is 9.85. The minimum atomic E-state index is -3.86. The Bertz CT molecular complexity index is 1580. The molecule has 1 atom stereocenters. The lowest BCUT2D eigenvalue weighted by Gasteiger charge is -2.36. The fourth-order valence-electron chi connectivity index (χ4n) is 4.95. The van der Waals surface area contributed by atoms with Gasteiger partial charge >= 0.3 is 0 Å². The van der Waals surface area contributed by atoms with E-state index in [1.165, 1.54) is 12.1 Å². The van der Waals surface area contributed by atoms with Crippen LogP contribution in [0.4, 0.5) is 0 Å². The molecule has 1 aliphatic heterocycles. The molecule has 1 fully saturated rings. The first kappa shape index (κ1) is 28.8. The molecule has 41 heavy (non-hydrogen) atoms. The SMILES string of the molecule is COC1(c2cccc(COCC(N=O)c3nc(-c4ccccc4)c(-c4ccc(S(N)(=O)=O)cc4)o3)c2)CCOCC1. The van der Waals surface area contributed by atoms with Gasteiger partial charge in [0.15, 0.2) is 11.8 Å². The third-order valence-electron chi connectivity index (χ3n) is 7.24. The van der Waals surface area contributed by atoms with Crippen LogP contribution in [-0.2, 0) is 36.4 Å². The van der Waals surface area contributed by atoms with Gasteiger partial charge in [-0.15, -0.1) is 4.91 Å². The Morgan fingerprint density at radius 1 is 1.00 bits per heavy atom. The summed E-state index contributed by atoms with van der Waals surface area (Å²) in [7, 11) is -2.14. The van der Waals surface area contributed by atoms with Crippen LogP contribution in [0.5, 0.6) is 0 Å². The number of rotatable bonds is 11. The molecule has 3 aromatic carbocycles. The zero-order valence-electron chi connectivity index (χ0n) is 22.6. The first-order valence-electron chi connectivity index (χ1n) is 13.1. The molecular weight excluding hydrogens is 546 g/mol. The molecule has 1 aliphatic rings. The zero-order chi connectivity index (χ0) is 28.9. The van der Waals surface area contributed by atoms with Crippen molar-refractivity contribution in [2.75, 3.05) is 26.9 Å². The van der Waals surface area contributed by atoms with E-state index >= 15 is 0 Å². The van der Waals surface area contributed by atoms with Gasteiger partial charge in [0, 0.05) is 44.3 Å². The number of aromatic nitrogens is 1. The molecule has 0 saturated carbocycles. The Balaban J connectivity index is 1.36. The molecule has 11 heteroatoms. The van der Waals surface area contributed by atoms with Crippen LogP contribution < -0.4 is 5.14 Å². The molecule has 0 aliphatic carbocycles. The van der Waals surface area contributed by atoms with Crippen LogP contribution in [-0.4, -0.2) is 40.3 Å². The van der Waals surface area contributed by atoms with Crippen LogP contribution in [0.15, 0.2) is 93.4 Å². The number of nitroso groups, excluding NO2 is 1. The average Bonchev–Trinajstić information content (AvgIpc) is 3.45. The van der Waals surface area contributed by atoms with Crippen LogP contribution in [0.3, 0.4) is 0 Å². The molecule has 2 heterocycles. The summed E-state index contributed by atoms with van der Waals surface area (Å²) in [6.45, 7) is 1.49. The van der Waals surface area contributed by atoms with Crippen molar-refractivity contribution in [3.63, 3.8) is 0 Å². The first-order chi connectivity index (χ1) is 19.8. The van der Waals surface area contributed by atoms with Crippen molar-refractivity contribution < 1.29 is 27.0 Å². The highest BCUT2D eigenvalue weighted by Crippen LogP contribution is 2.37. The van der Waals surface area contributed by atoms with Crippen LogP contribution >= 0.6 is 0 Å². The van der Waals surface area contributed by atoms with Gasteiger partial charge in [-0.05, 0) is 35.4 Å². The normalized spacial score (nSPS) is 15.9. The Labute approximate surface area is 238 Å². The predicted octanol–water partition coefficient (Wildman–Crippen LogP) is 5.33. The second kappa shape index (κ2) is 12.4. The molecule has 1 saturated heterocycles. The summed E-state index contributed by atoms with van der Waals surface area (Å²) < 4.78 is 46.8. The third-order valence-corrected chi connectivity index (χ3v) is 8.17. The van der Waals surface area contributed by atoms with Gasteiger partial charge < -0.3 is 18.6 Å². The molecular formula is C30H31N3O7S. The lowest BCUT2D eigenvalue weighted by molar-refractivity contribution is -0.0948. The van der Waals surface area contributed by atoms with Crippen LogP contribution in [0.25, 0.3) is 22.6 Å². The van der Waals surface area contributed by atoms with Crippen LogP contribution in [0, 0.1) is 4.91 Å². The van der Waals surface area contributed by atoms with Crippen molar-refractivity contribution in [1.82, 2.24) is 4.98 Å². The fourth-order valence-corrected chi connectivity index (χ4v) is 5.47. The molecule has 5 rings (SSSR count). The maximum atomic E-state index is 11.9. The lowest BCUT2D eigenvalue weighted by Crippen LogP contribution is -2.35. The molecule has 214 valence electrons. The van der Waals surface area contributed by atoms with E-state index in [1.54, 1.807) is 19.2 Å². The highest BCUT2D eigenvalue weighted by molar-refractivity contribution is 7.89. The number of oxazole rings is 1. The maximum absolute atomic E-state index is 11.9. The number of sulfonamides is 1. The van der Waals surface area contributed by atoms with Gasteiger partial charge in [-0.2, -0.15) is 0 Å². The first-order valence-corrected chi connectivity index (χ1v) is 14.7. The summed E-state index contributed by atoms with van der Waals surface area (Å²) in [6, 6.07) is 22.3. The number of nitrogens with two attached hydrogens (primary N) is 1. The predicted molar refractivity (Wildman–Crippen MR) is 152 cm³/mol. The van der Waals surface area contributed by atoms with E-state index in [1.807, 2.05) is 48.5 Å². The number of nitrogens with zero attached hydrogens (tertiary/aromatic N) is 2. The van der Waals surface area contributed by atoms with Gasteiger partial charge in [0.25, 0.3) is 0 Å². The molecule has 1 aromatic heterocycles. The number of hydrogen-bond acceptors (Lipinski definition) is 9. The van der Waals surface area contributed by atoms with Crippen molar-refractivity contribution in [3.05, 3.63) is 101 Å². The zero-order valence-corrected chi connectivity index (χ0v) is 23.4. The summed E-state index contributed by atoms with van der Waals surface area (Å²) >= 11 is 0. The Kier molecular flexibility index (Phi) is 8.71. The minimum absolute atomic E-state index is 0.0274. The van der Waals surface area contributed by atoms with Gasteiger partial charge in [-0.3, -0.25) is 0 Å². The number of primary sulfonamides is 1. The van der Waals surface area contributed by atoms with Crippen molar-refractivity contribution in [3.8, 4) is 22.6 Å². The van der Waals surface area contributed by atoms with E-state index in [0.29, 0.717) is 30.2 Å². The summed E-state index contributed by atoms with van der Waals surface area (Å²) in [5.41, 5.74) is 3.42. The van der Waals surface area contributed by atoms with Gasteiger partial charge in [-0.25, -0.2) is 18.5 Å². The van der Waals surface area contributed by atoms with E-state index in [4.69, 9.17) is 23.8 Å². The highest BCUT2D eigenvalue weighted by atomic mass is 32.2. The molecule has 0 spiro atoms. The van der Waals surface area contributed by atoms with Crippen LogP contribution in [0.2, 0.25) is 0 Å². The molecule has 4 aromatic rings. The fraction of sp³-hybridized carbons (Fsp3) is 0.300. The topological polar surface area (TPSA) is 143 Å². The molecule has 0 radical (unpaired) electrons. The van der Waals surface area contributed by atoms with Crippen molar-refractivity contribution in [2.24, 2.45) is 10.3 Å². The summed E-state index contributed by atoms with van der Waals surface area (Å²) in [5, 5.41) is 8.47. The second-order valence-corrected chi connectivity index (χ2v) is 11.4. The van der Waals surface area contributed by atoms with E-state index in [9.17, 15) is 13.3 Å². The largest absolute Gasteiger partial charge is 0.437 e. The number of hydrogen-bond donors (Lipinski definition) is 1. The molecule has 10 nitrogen and oxygen atoms in total. The van der Waals surface area contributed by atoms with Gasteiger partial charge in [0.05, 0.1) is 23.7 Å². The van der Waals surface area contributed by atoms with Crippen molar-refractivity contribution in [2.45, 2.75) is 36.0 Å².